The number of anilines is 1. The van der Waals surface area contributed by atoms with Crippen molar-refractivity contribution < 1.29 is 14.6 Å². The molecule has 128 valence electrons. The van der Waals surface area contributed by atoms with Gasteiger partial charge in [-0.15, -0.1) is 11.8 Å². The summed E-state index contributed by atoms with van der Waals surface area (Å²) in [6.45, 7) is -0.102. The smallest absolute Gasteiger partial charge is 0.351 e. The van der Waals surface area contributed by atoms with Gasteiger partial charge in [0.2, 0.25) is 0 Å². The molecule has 2 N–H and O–H groups in total. The molecule has 2 aliphatic heterocycles. The van der Waals surface area contributed by atoms with E-state index in [1.165, 1.54) is 22.5 Å². The Morgan fingerprint density at radius 2 is 2.42 bits per heavy atom. The molecule has 8 nitrogen and oxygen atoms in total. The molecule has 2 aliphatic rings. The van der Waals surface area contributed by atoms with E-state index in [0.717, 1.165) is 0 Å². The highest BCUT2D eigenvalue weighted by Gasteiger charge is 2.27. The van der Waals surface area contributed by atoms with Crippen LogP contribution in [0.1, 0.15) is 12.6 Å². The number of rotatable bonds is 4. The summed E-state index contributed by atoms with van der Waals surface area (Å²) in [6.07, 6.45) is 7.09. The van der Waals surface area contributed by atoms with Crippen LogP contribution in [0.2, 0.25) is 0 Å². The Hall–Kier alpha value is -2.10. The van der Waals surface area contributed by atoms with Crippen molar-refractivity contribution in [3.8, 4) is 0 Å². The minimum atomic E-state index is -0.508. The van der Waals surface area contributed by atoms with Crippen LogP contribution in [-0.4, -0.2) is 50.3 Å². The quantitative estimate of drug-likeness (QED) is 0.816. The van der Waals surface area contributed by atoms with Crippen LogP contribution in [0.15, 0.2) is 41.1 Å². The van der Waals surface area contributed by atoms with Crippen LogP contribution in [0, 0.1) is 0 Å². The molecule has 24 heavy (non-hydrogen) atoms. The van der Waals surface area contributed by atoms with E-state index in [9.17, 15) is 9.59 Å². The number of hydrogen-bond acceptors (Lipinski definition) is 7. The molecule has 0 bridgehead atoms. The molecular weight excluding hydrogens is 332 g/mol. The van der Waals surface area contributed by atoms with E-state index >= 15 is 0 Å². The standard InChI is InChI=1S/C15H18N4O4S/c1-18-5-2-3-10(7-18)14(21)16-11-4-6-19(15(22)17-11)12-9-24-13(8-20)23-12/h2,4-7,12-13,20H,3,8-9H2,1H3,(H,16,17,21,22)/t12-,13+/m0/s1. The van der Waals surface area contributed by atoms with Crippen molar-refractivity contribution in [3.63, 3.8) is 0 Å². The van der Waals surface area contributed by atoms with Crippen molar-refractivity contribution in [2.45, 2.75) is 18.1 Å². The summed E-state index contributed by atoms with van der Waals surface area (Å²) in [7, 11) is 1.83. The van der Waals surface area contributed by atoms with Crippen molar-refractivity contribution in [1.82, 2.24) is 14.5 Å². The second-order valence-corrected chi connectivity index (χ2v) is 6.59. The summed E-state index contributed by atoms with van der Waals surface area (Å²) >= 11 is 1.44. The molecule has 0 aromatic carbocycles. The third kappa shape index (κ3) is 3.69. The van der Waals surface area contributed by atoms with Gasteiger partial charge in [-0.25, -0.2) is 4.79 Å². The third-order valence-electron chi connectivity index (χ3n) is 3.59. The first kappa shape index (κ1) is 16.7. The van der Waals surface area contributed by atoms with E-state index in [4.69, 9.17) is 9.84 Å². The van der Waals surface area contributed by atoms with Crippen molar-refractivity contribution >= 4 is 23.5 Å². The zero-order chi connectivity index (χ0) is 17.1. The van der Waals surface area contributed by atoms with E-state index in [1.54, 1.807) is 17.2 Å². The number of thioether (sulfide) groups is 1. The molecule has 0 radical (unpaired) electrons. The first-order valence-electron chi connectivity index (χ1n) is 7.44. The van der Waals surface area contributed by atoms with Gasteiger partial charge in [-0.05, 0) is 18.7 Å². The maximum Gasteiger partial charge on any atom is 0.351 e. The van der Waals surface area contributed by atoms with E-state index in [0.29, 0.717) is 17.7 Å². The lowest BCUT2D eigenvalue weighted by atomic mass is 10.1. The monoisotopic (exact) mass is 350 g/mol. The third-order valence-corrected chi connectivity index (χ3v) is 4.70. The van der Waals surface area contributed by atoms with Gasteiger partial charge < -0.3 is 20.1 Å². The maximum atomic E-state index is 12.2. The number of nitrogens with one attached hydrogen (secondary N) is 1. The normalized spacial score (nSPS) is 23.2. The van der Waals surface area contributed by atoms with Crippen LogP contribution >= 0.6 is 11.8 Å². The van der Waals surface area contributed by atoms with Crippen molar-refractivity contribution in [2.75, 3.05) is 24.7 Å². The molecule has 2 atom stereocenters. The van der Waals surface area contributed by atoms with E-state index < -0.39 is 11.9 Å². The van der Waals surface area contributed by atoms with Crippen molar-refractivity contribution in [2.24, 2.45) is 0 Å². The Morgan fingerprint density at radius 3 is 3.08 bits per heavy atom. The van der Waals surface area contributed by atoms with Crippen LogP contribution in [0.5, 0.6) is 0 Å². The number of allylic oxidation sites excluding steroid dienone is 1. The fourth-order valence-corrected chi connectivity index (χ4v) is 3.35. The molecule has 1 aromatic heterocycles. The van der Waals surface area contributed by atoms with Gasteiger partial charge in [0.1, 0.15) is 17.5 Å². The number of aliphatic hydroxyl groups is 1. The van der Waals surface area contributed by atoms with E-state index in [1.807, 2.05) is 19.3 Å². The van der Waals surface area contributed by atoms with Crippen LogP contribution in [0.3, 0.4) is 0 Å². The summed E-state index contributed by atoms with van der Waals surface area (Å²) in [5.41, 5.74) is -0.247. The van der Waals surface area contributed by atoms with Crippen molar-refractivity contribution in [3.05, 3.63) is 46.8 Å². The average Bonchev–Trinajstić information content (AvgIpc) is 3.04. The van der Waals surface area contributed by atoms with Gasteiger partial charge >= 0.3 is 5.69 Å². The minimum Gasteiger partial charge on any atom is -0.393 e. The number of carbonyl (C=O) groups excluding carboxylic acids is 1. The molecule has 1 amide bonds. The van der Waals surface area contributed by atoms with Crippen LogP contribution < -0.4 is 11.0 Å². The van der Waals surface area contributed by atoms with Gasteiger partial charge in [0.15, 0.2) is 0 Å². The lowest BCUT2D eigenvalue weighted by Gasteiger charge is -2.16. The largest absolute Gasteiger partial charge is 0.393 e. The van der Waals surface area contributed by atoms with E-state index in [2.05, 4.69) is 10.3 Å². The highest BCUT2D eigenvalue weighted by atomic mass is 32.2. The summed E-state index contributed by atoms with van der Waals surface area (Å²) in [5, 5.41) is 11.7. The Balaban J connectivity index is 1.69. The van der Waals surface area contributed by atoms with Gasteiger partial charge in [-0.1, -0.05) is 6.08 Å². The molecule has 0 saturated carbocycles. The Bertz CT molecular complexity index is 745. The van der Waals surface area contributed by atoms with Crippen LogP contribution in [0.4, 0.5) is 5.82 Å². The van der Waals surface area contributed by atoms with Gasteiger partial charge in [0, 0.05) is 30.8 Å². The maximum absolute atomic E-state index is 12.2. The number of ether oxygens (including phenoxy) is 1. The molecule has 1 saturated heterocycles. The Kier molecular flexibility index (Phi) is 5.03. The molecular formula is C15H18N4O4S. The zero-order valence-corrected chi connectivity index (χ0v) is 13.9. The zero-order valence-electron chi connectivity index (χ0n) is 13.1. The number of aromatic nitrogens is 2. The molecule has 3 rings (SSSR count). The fourth-order valence-electron chi connectivity index (χ4n) is 2.42. The SMILES string of the molecule is CN1C=CCC(C(=O)Nc2ccn([C@@H]3CS[C@H](CO)O3)c(=O)n2)=C1. The lowest BCUT2D eigenvalue weighted by Crippen LogP contribution is -2.29. The summed E-state index contributed by atoms with van der Waals surface area (Å²) in [5.74, 6) is 0.469. The number of aliphatic hydroxyl groups excluding tert-OH is 1. The van der Waals surface area contributed by atoms with Gasteiger partial charge in [-0.3, -0.25) is 9.36 Å². The molecule has 1 aromatic rings. The van der Waals surface area contributed by atoms with Crippen LogP contribution in [0.25, 0.3) is 0 Å². The Labute approximate surface area is 142 Å². The second-order valence-electron chi connectivity index (χ2n) is 5.40. The average molecular weight is 350 g/mol. The second kappa shape index (κ2) is 7.20. The van der Waals surface area contributed by atoms with Crippen LogP contribution in [-0.2, 0) is 9.53 Å². The number of amides is 1. The topological polar surface area (TPSA) is 96.7 Å². The summed E-state index contributed by atoms with van der Waals surface area (Å²) in [4.78, 5) is 30.0. The van der Waals surface area contributed by atoms with Gasteiger partial charge in [0.05, 0.1) is 6.61 Å². The highest BCUT2D eigenvalue weighted by Crippen LogP contribution is 2.30. The highest BCUT2D eigenvalue weighted by molar-refractivity contribution is 8.00. The molecule has 0 unspecified atom stereocenters. The predicted octanol–water partition coefficient (Wildman–Crippen LogP) is 0.495. The summed E-state index contributed by atoms with van der Waals surface area (Å²) < 4.78 is 6.89. The van der Waals surface area contributed by atoms with Gasteiger partial charge in [0.25, 0.3) is 5.91 Å². The van der Waals surface area contributed by atoms with Gasteiger partial charge in [-0.2, -0.15) is 4.98 Å². The molecule has 0 aliphatic carbocycles. The number of nitrogens with zero attached hydrogens (tertiary/aromatic N) is 3. The molecule has 0 spiro atoms. The number of carbonyl (C=O) groups is 1. The Morgan fingerprint density at radius 1 is 1.58 bits per heavy atom. The van der Waals surface area contributed by atoms with Crippen molar-refractivity contribution in [1.29, 1.82) is 0 Å². The first-order valence-corrected chi connectivity index (χ1v) is 8.49. The minimum absolute atomic E-state index is 0.102. The predicted molar refractivity (Wildman–Crippen MR) is 90.2 cm³/mol. The molecule has 3 heterocycles. The van der Waals surface area contributed by atoms with E-state index in [-0.39, 0.29) is 23.8 Å². The molecule has 9 heteroatoms. The lowest BCUT2D eigenvalue weighted by molar-refractivity contribution is -0.113. The molecule has 1 fully saturated rings. The number of hydrogen-bond donors (Lipinski definition) is 2. The first-order chi connectivity index (χ1) is 11.6. The fraction of sp³-hybridized carbons (Fsp3) is 0.400. The summed E-state index contributed by atoms with van der Waals surface area (Å²) in [6, 6.07) is 1.56.